The lowest BCUT2D eigenvalue weighted by molar-refractivity contribution is 0.352. The molecule has 0 aromatic heterocycles. The van der Waals surface area contributed by atoms with Crippen LogP contribution < -0.4 is 0 Å². The molecular weight excluding hydrogens is 168 g/mol. The first-order valence-electron chi connectivity index (χ1n) is 6.04. The lowest BCUT2D eigenvalue weighted by Crippen LogP contribution is -2.09. The van der Waals surface area contributed by atoms with E-state index < -0.39 is 0 Å². The number of rotatable bonds is 1. The average Bonchev–Trinajstić information content (AvgIpc) is 2.24. The van der Waals surface area contributed by atoms with E-state index in [2.05, 4.69) is 38.2 Å². The third-order valence-electron chi connectivity index (χ3n) is 3.26. The van der Waals surface area contributed by atoms with Gasteiger partial charge in [0.15, 0.2) is 0 Å². The molecule has 0 N–H and O–H groups in total. The van der Waals surface area contributed by atoms with Crippen molar-refractivity contribution in [2.24, 2.45) is 11.8 Å². The fraction of sp³-hybridized carbons (Fsp3) is 0.714. The van der Waals surface area contributed by atoms with E-state index in [4.69, 9.17) is 0 Å². The fourth-order valence-electron chi connectivity index (χ4n) is 2.08. The van der Waals surface area contributed by atoms with Crippen molar-refractivity contribution in [1.82, 2.24) is 0 Å². The Morgan fingerprint density at radius 1 is 1.29 bits per heavy atom. The first kappa shape index (κ1) is 11.6. The molecule has 0 spiro atoms. The standard InChI is InChI=1S/C14H23/c1-3-14-12-10-8-6-4-5-7-9-11-13(14)2/h7,9-10,13-14H,3-6,11-12H2,1-2H3. The van der Waals surface area contributed by atoms with E-state index in [-0.39, 0.29) is 0 Å². The van der Waals surface area contributed by atoms with Crippen LogP contribution in [-0.4, -0.2) is 0 Å². The Labute approximate surface area is 89.1 Å². The minimum atomic E-state index is 0.826. The SMILES string of the molecule is CCC1CC=[C]CCCC=CCC1C. The molecule has 2 atom stereocenters. The van der Waals surface area contributed by atoms with Crippen molar-refractivity contribution >= 4 is 0 Å². The predicted molar refractivity (Wildman–Crippen MR) is 63.0 cm³/mol. The first-order valence-corrected chi connectivity index (χ1v) is 6.04. The van der Waals surface area contributed by atoms with Crippen molar-refractivity contribution in [3.63, 3.8) is 0 Å². The maximum atomic E-state index is 3.41. The zero-order valence-corrected chi connectivity index (χ0v) is 9.63. The maximum Gasteiger partial charge on any atom is -0.0276 e. The Bertz CT molecular complexity index is 188. The largest absolute Gasteiger partial charge is 0.0885 e. The van der Waals surface area contributed by atoms with Crippen molar-refractivity contribution in [3.8, 4) is 0 Å². The van der Waals surface area contributed by atoms with Gasteiger partial charge in [0.2, 0.25) is 0 Å². The Balaban J connectivity index is 2.52. The second-order valence-electron chi connectivity index (χ2n) is 4.39. The quantitative estimate of drug-likeness (QED) is 0.534. The van der Waals surface area contributed by atoms with Gasteiger partial charge < -0.3 is 0 Å². The molecule has 0 aromatic rings. The van der Waals surface area contributed by atoms with Crippen molar-refractivity contribution in [1.29, 1.82) is 0 Å². The van der Waals surface area contributed by atoms with Gasteiger partial charge in [-0.1, -0.05) is 38.5 Å². The molecule has 1 aliphatic rings. The Hall–Kier alpha value is -0.520. The maximum absolute atomic E-state index is 3.41. The summed E-state index contributed by atoms with van der Waals surface area (Å²) in [6.07, 6.45) is 17.8. The molecule has 0 saturated carbocycles. The second-order valence-corrected chi connectivity index (χ2v) is 4.39. The van der Waals surface area contributed by atoms with Crippen LogP contribution in [0.5, 0.6) is 0 Å². The molecule has 0 bridgehead atoms. The summed E-state index contributed by atoms with van der Waals surface area (Å²) >= 11 is 0. The van der Waals surface area contributed by atoms with Gasteiger partial charge in [0, 0.05) is 0 Å². The Morgan fingerprint density at radius 3 is 2.93 bits per heavy atom. The molecular formula is C14H23. The summed E-state index contributed by atoms with van der Waals surface area (Å²) < 4.78 is 0. The van der Waals surface area contributed by atoms with Gasteiger partial charge in [-0.2, -0.15) is 0 Å². The van der Waals surface area contributed by atoms with Crippen molar-refractivity contribution in [2.45, 2.75) is 52.4 Å². The summed E-state index contributed by atoms with van der Waals surface area (Å²) in [6.45, 7) is 4.68. The number of hydrogen-bond acceptors (Lipinski definition) is 0. The topological polar surface area (TPSA) is 0 Å². The molecule has 0 heteroatoms. The van der Waals surface area contributed by atoms with Crippen LogP contribution in [-0.2, 0) is 0 Å². The van der Waals surface area contributed by atoms with E-state index in [1.165, 1.54) is 32.1 Å². The Morgan fingerprint density at radius 2 is 2.14 bits per heavy atom. The average molecular weight is 191 g/mol. The van der Waals surface area contributed by atoms with Crippen molar-refractivity contribution in [2.75, 3.05) is 0 Å². The third-order valence-corrected chi connectivity index (χ3v) is 3.26. The van der Waals surface area contributed by atoms with Crippen LogP contribution in [0.2, 0.25) is 0 Å². The van der Waals surface area contributed by atoms with Gasteiger partial charge in [-0.15, -0.1) is 0 Å². The van der Waals surface area contributed by atoms with Crippen LogP contribution in [0.4, 0.5) is 0 Å². The van der Waals surface area contributed by atoms with Crippen LogP contribution in [0.25, 0.3) is 0 Å². The van der Waals surface area contributed by atoms with E-state index in [1.54, 1.807) is 0 Å². The number of hydrogen-bond donors (Lipinski definition) is 0. The van der Waals surface area contributed by atoms with Gasteiger partial charge in [-0.25, -0.2) is 0 Å². The highest BCUT2D eigenvalue weighted by molar-refractivity contribution is 4.88. The summed E-state index contributed by atoms with van der Waals surface area (Å²) in [4.78, 5) is 0. The van der Waals surface area contributed by atoms with E-state index in [9.17, 15) is 0 Å². The minimum absolute atomic E-state index is 0.826. The molecule has 0 aromatic carbocycles. The van der Waals surface area contributed by atoms with Crippen LogP contribution >= 0.6 is 0 Å². The molecule has 1 aliphatic carbocycles. The molecule has 0 amide bonds. The van der Waals surface area contributed by atoms with Gasteiger partial charge >= 0.3 is 0 Å². The number of allylic oxidation sites excluding steroid dienone is 4. The molecule has 14 heavy (non-hydrogen) atoms. The molecule has 79 valence electrons. The van der Waals surface area contributed by atoms with E-state index >= 15 is 0 Å². The monoisotopic (exact) mass is 191 g/mol. The van der Waals surface area contributed by atoms with Crippen LogP contribution in [0, 0.1) is 17.9 Å². The second kappa shape index (κ2) is 6.86. The van der Waals surface area contributed by atoms with Gasteiger partial charge in [0.1, 0.15) is 0 Å². The van der Waals surface area contributed by atoms with Crippen LogP contribution in [0.3, 0.4) is 0 Å². The van der Waals surface area contributed by atoms with E-state index in [0.717, 1.165) is 18.3 Å². The van der Waals surface area contributed by atoms with Gasteiger partial charge in [0.05, 0.1) is 0 Å². The lowest BCUT2D eigenvalue weighted by atomic mass is 9.86. The highest BCUT2D eigenvalue weighted by Gasteiger charge is 2.12. The molecule has 1 radical (unpaired) electrons. The molecule has 2 unspecified atom stereocenters. The summed E-state index contributed by atoms with van der Waals surface area (Å²) in [5.74, 6) is 1.68. The van der Waals surface area contributed by atoms with Gasteiger partial charge in [0.25, 0.3) is 0 Å². The lowest BCUT2D eigenvalue weighted by Gasteiger charge is -2.19. The molecule has 0 saturated heterocycles. The van der Waals surface area contributed by atoms with Crippen molar-refractivity contribution < 1.29 is 0 Å². The summed E-state index contributed by atoms with van der Waals surface area (Å²) in [6, 6.07) is 0. The molecule has 0 heterocycles. The van der Waals surface area contributed by atoms with Crippen LogP contribution in [0.1, 0.15) is 52.4 Å². The van der Waals surface area contributed by atoms with Crippen molar-refractivity contribution in [3.05, 3.63) is 24.3 Å². The Kier molecular flexibility index (Phi) is 5.66. The molecule has 0 nitrogen and oxygen atoms in total. The highest BCUT2D eigenvalue weighted by atomic mass is 14.2. The molecule has 1 rings (SSSR count). The zero-order chi connectivity index (χ0) is 10.2. The first-order chi connectivity index (χ1) is 6.84. The minimum Gasteiger partial charge on any atom is -0.0885 e. The normalized spacial score (nSPS) is 29.9. The third kappa shape index (κ3) is 4.13. The van der Waals surface area contributed by atoms with Gasteiger partial charge in [-0.05, 0) is 50.0 Å². The zero-order valence-electron chi connectivity index (χ0n) is 9.63. The summed E-state index contributed by atoms with van der Waals surface area (Å²) in [7, 11) is 0. The highest BCUT2D eigenvalue weighted by Crippen LogP contribution is 2.24. The molecule has 0 fully saturated rings. The van der Waals surface area contributed by atoms with Crippen LogP contribution in [0.15, 0.2) is 18.2 Å². The fourth-order valence-corrected chi connectivity index (χ4v) is 2.08. The van der Waals surface area contributed by atoms with E-state index in [0.29, 0.717) is 0 Å². The predicted octanol–water partition coefficient (Wildman–Crippen LogP) is 4.53. The summed E-state index contributed by atoms with van der Waals surface area (Å²) in [5.41, 5.74) is 0. The van der Waals surface area contributed by atoms with E-state index in [1.807, 2.05) is 0 Å². The smallest absolute Gasteiger partial charge is 0.0276 e. The molecule has 0 aliphatic heterocycles. The van der Waals surface area contributed by atoms with Gasteiger partial charge in [-0.3, -0.25) is 0 Å². The summed E-state index contributed by atoms with van der Waals surface area (Å²) in [5, 5.41) is 0.